The van der Waals surface area contributed by atoms with Crippen molar-refractivity contribution in [2.45, 2.75) is 21.4 Å². The third kappa shape index (κ3) is 1.61. The molecule has 1 fully saturated rings. The highest BCUT2D eigenvalue weighted by Crippen LogP contribution is 2.83. The summed E-state index contributed by atoms with van der Waals surface area (Å²) >= 11 is 4.32. The molecule has 7 rings (SSSR count). The topological polar surface area (TPSA) is 9.23 Å². The van der Waals surface area contributed by atoms with Gasteiger partial charge in [0.15, 0.2) is 0 Å². The average Bonchev–Trinajstić information content (AvgIpc) is 3.23. The van der Waals surface area contributed by atoms with Crippen molar-refractivity contribution < 1.29 is 4.74 Å². The molecule has 4 aromatic carbocycles. The normalized spacial score (nSPS) is 32.1. The van der Waals surface area contributed by atoms with Crippen LogP contribution in [0.2, 0.25) is 0 Å². The van der Waals surface area contributed by atoms with Crippen LogP contribution in [0.1, 0.15) is 39.3 Å². The Morgan fingerprint density at radius 3 is 1.80 bits per heavy atom. The van der Waals surface area contributed by atoms with E-state index in [4.69, 9.17) is 4.74 Å². The van der Waals surface area contributed by atoms with Crippen LogP contribution in [0.25, 0.3) is 0 Å². The fourth-order valence-electron chi connectivity index (χ4n) is 6.38. The van der Waals surface area contributed by atoms with E-state index in [0.29, 0.717) is 0 Å². The van der Waals surface area contributed by atoms with Crippen LogP contribution < -0.4 is 0 Å². The Labute approximate surface area is 184 Å². The van der Waals surface area contributed by atoms with E-state index in [9.17, 15) is 0 Å². The molecule has 0 aromatic heterocycles. The Balaban J connectivity index is 1.66. The first-order chi connectivity index (χ1) is 14.7. The lowest BCUT2D eigenvalue weighted by Gasteiger charge is -2.55. The van der Waals surface area contributed by atoms with Gasteiger partial charge in [0.1, 0.15) is 11.2 Å². The Hall–Kier alpha value is -2.68. The molecular weight excluding hydrogens is 432 g/mol. The van der Waals surface area contributed by atoms with E-state index in [-0.39, 0.29) is 10.2 Å². The number of hydrogen-bond acceptors (Lipinski definition) is 1. The van der Waals surface area contributed by atoms with E-state index < -0.39 is 11.2 Å². The zero-order valence-electron chi connectivity index (χ0n) is 16.3. The molecule has 0 saturated carbocycles. The lowest BCUT2D eigenvalue weighted by molar-refractivity contribution is -0.0472. The van der Waals surface area contributed by atoms with Crippen molar-refractivity contribution in [1.29, 1.82) is 0 Å². The average molecular weight is 451 g/mol. The van der Waals surface area contributed by atoms with Crippen LogP contribution >= 0.6 is 15.9 Å². The lowest BCUT2D eigenvalue weighted by atomic mass is 9.50. The predicted molar refractivity (Wildman–Crippen MR) is 122 cm³/mol. The first-order valence-electron chi connectivity index (χ1n) is 10.4. The third-order valence-electron chi connectivity index (χ3n) is 7.38. The van der Waals surface area contributed by atoms with Gasteiger partial charge in [0.05, 0.1) is 4.32 Å². The maximum atomic E-state index is 7.42. The van der Waals surface area contributed by atoms with Crippen LogP contribution in [-0.2, 0) is 20.3 Å². The first kappa shape index (κ1) is 17.0. The SMILES string of the molecule is Br[C@]12c3ccccc3[C@@H]1[C@]1(c3ccccc3)O[C@@]2(c2ccccc2)c2ccccc21. The summed E-state index contributed by atoms with van der Waals surface area (Å²) in [6, 6.07) is 39.1. The molecule has 30 heavy (non-hydrogen) atoms. The molecule has 0 amide bonds. The summed E-state index contributed by atoms with van der Waals surface area (Å²) in [5, 5.41) is 0. The van der Waals surface area contributed by atoms with Crippen LogP contribution in [0.5, 0.6) is 0 Å². The monoisotopic (exact) mass is 450 g/mol. The van der Waals surface area contributed by atoms with Gasteiger partial charge in [-0.05, 0) is 33.4 Å². The maximum Gasteiger partial charge on any atom is 0.140 e. The fraction of sp³-hybridized carbons (Fsp3) is 0.143. The van der Waals surface area contributed by atoms with Crippen LogP contribution in [0.4, 0.5) is 0 Å². The highest BCUT2D eigenvalue weighted by atomic mass is 79.9. The van der Waals surface area contributed by atoms with Gasteiger partial charge in [-0.1, -0.05) is 125 Å². The number of fused-ring (bicyclic) bond motifs is 11. The molecule has 2 heteroatoms. The molecule has 1 saturated heterocycles. The molecule has 4 atom stereocenters. The predicted octanol–water partition coefficient (Wildman–Crippen LogP) is 6.61. The van der Waals surface area contributed by atoms with Crippen molar-refractivity contribution in [3.63, 3.8) is 0 Å². The molecule has 2 heterocycles. The van der Waals surface area contributed by atoms with Gasteiger partial charge in [0, 0.05) is 5.92 Å². The molecule has 0 N–H and O–H groups in total. The second-order valence-corrected chi connectivity index (χ2v) is 9.78. The van der Waals surface area contributed by atoms with Gasteiger partial charge < -0.3 is 4.74 Å². The Bertz CT molecular complexity index is 1300. The summed E-state index contributed by atoms with van der Waals surface area (Å²) in [6.45, 7) is 0. The van der Waals surface area contributed by atoms with Crippen molar-refractivity contribution in [2.24, 2.45) is 0 Å². The molecule has 1 aliphatic carbocycles. The summed E-state index contributed by atoms with van der Waals surface area (Å²) in [5.41, 5.74) is 6.58. The summed E-state index contributed by atoms with van der Waals surface area (Å²) in [6.07, 6.45) is 0. The minimum Gasteiger partial charge on any atom is -0.347 e. The zero-order chi connectivity index (χ0) is 20.0. The first-order valence-corrected chi connectivity index (χ1v) is 11.2. The van der Waals surface area contributed by atoms with Crippen molar-refractivity contribution in [2.75, 3.05) is 0 Å². The molecular formula is C28H19BrO. The van der Waals surface area contributed by atoms with E-state index in [0.717, 1.165) is 0 Å². The largest absolute Gasteiger partial charge is 0.347 e. The summed E-state index contributed by atoms with van der Waals surface area (Å²) < 4.78 is 7.10. The molecule has 2 aliphatic heterocycles. The Kier molecular flexibility index (Phi) is 3.13. The maximum absolute atomic E-state index is 7.42. The molecule has 144 valence electrons. The van der Waals surface area contributed by atoms with Gasteiger partial charge in [-0.15, -0.1) is 0 Å². The number of hydrogen-bond donors (Lipinski definition) is 0. The highest BCUT2D eigenvalue weighted by molar-refractivity contribution is 9.09. The highest BCUT2D eigenvalue weighted by Gasteiger charge is 2.82. The molecule has 1 nitrogen and oxygen atoms in total. The number of rotatable bonds is 2. The van der Waals surface area contributed by atoms with Gasteiger partial charge in [-0.25, -0.2) is 0 Å². The van der Waals surface area contributed by atoms with E-state index in [2.05, 4.69) is 125 Å². The number of benzene rings is 4. The standard InChI is InChI=1S/C28H19BrO/c29-27-22-16-8-7-15-21(22)25(27)26(19-11-3-1-4-12-19)23-17-9-10-18-24(23)28(27,30-26)20-13-5-2-6-14-20/h1-18,25H/t25-,26-,27-,28+/m1/s1. The third-order valence-corrected chi connectivity index (χ3v) is 8.83. The second kappa shape index (κ2) is 5.51. The van der Waals surface area contributed by atoms with Gasteiger partial charge in [-0.3, -0.25) is 0 Å². The lowest BCUT2D eigenvalue weighted by Crippen LogP contribution is -2.54. The second-order valence-electron chi connectivity index (χ2n) is 8.53. The van der Waals surface area contributed by atoms with Gasteiger partial charge >= 0.3 is 0 Å². The fourth-order valence-corrected chi connectivity index (χ4v) is 7.83. The zero-order valence-corrected chi connectivity index (χ0v) is 17.8. The van der Waals surface area contributed by atoms with Crippen molar-refractivity contribution in [3.8, 4) is 0 Å². The molecule has 4 aromatic rings. The summed E-state index contributed by atoms with van der Waals surface area (Å²) in [7, 11) is 0. The molecule has 0 radical (unpaired) electrons. The minimum atomic E-state index is -0.584. The van der Waals surface area contributed by atoms with Gasteiger partial charge in [0.25, 0.3) is 0 Å². The molecule has 2 bridgehead atoms. The van der Waals surface area contributed by atoms with Crippen LogP contribution in [0.3, 0.4) is 0 Å². The molecule has 0 unspecified atom stereocenters. The smallest absolute Gasteiger partial charge is 0.140 e. The van der Waals surface area contributed by atoms with Crippen LogP contribution in [-0.4, -0.2) is 0 Å². The van der Waals surface area contributed by atoms with Crippen molar-refractivity contribution in [3.05, 3.63) is 143 Å². The van der Waals surface area contributed by atoms with Gasteiger partial charge in [0.2, 0.25) is 0 Å². The van der Waals surface area contributed by atoms with Gasteiger partial charge in [-0.2, -0.15) is 0 Å². The molecule has 0 spiro atoms. The van der Waals surface area contributed by atoms with Crippen LogP contribution in [0.15, 0.2) is 109 Å². The van der Waals surface area contributed by atoms with E-state index in [1.807, 2.05) is 0 Å². The molecule has 3 aliphatic rings. The minimum absolute atomic E-state index is 0.193. The number of alkyl halides is 1. The van der Waals surface area contributed by atoms with E-state index in [1.165, 1.54) is 33.4 Å². The van der Waals surface area contributed by atoms with E-state index >= 15 is 0 Å². The van der Waals surface area contributed by atoms with E-state index in [1.54, 1.807) is 0 Å². The van der Waals surface area contributed by atoms with Crippen molar-refractivity contribution in [1.82, 2.24) is 0 Å². The number of halogens is 1. The Morgan fingerprint density at radius 1 is 0.567 bits per heavy atom. The van der Waals surface area contributed by atoms with Crippen molar-refractivity contribution >= 4 is 15.9 Å². The van der Waals surface area contributed by atoms with Crippen LogP contribution in [0, 0.1) is 0 Å². The summed E-state index contributed by atoms with van der Waals surface area (Å²) in [5.74, 6) is 0.193. The number of ether oxygens (including phenoxy) is 1. The quantitative estimate of drug-likeness (QED) is 0.312. The summed E-state index contributed by atoms with van der Waals surface area (Å²) in [4.78, 5) is 0. The Morgan fingerprint density at radius 2 is 1.10 bits per heavy atom.